The minimum Gasteiger partial charge on any atom is -0.316 e. The van der Waals surface area contributed by atoms with Gasteiger partial charge in [-0.15, -0.1) is 0 Å². The molecule has 0 radical (unpaired) electrons. The van der Waals surface area contributed by atoms with Crippen LogP contribution in [-0.2, 0) is 0 Å². The lowest BCUT2D eigenvalue weighted by Crippen LogP contribution is -2.45. The van der Waals surface area contributed by atoms with E-state index in [0.29, 0.717) is 10.8 Å². The van der Waals surface area contributed by atoms with E-state index in [-0.39, 0.29) is 0 Å². The van der Waals surface area contributed by atoms with E-state index in [1.54, 1.807) is 0 Å². The van der Waals surface area contributed by atoms with E-state index >= 15 is 0 Å². The van der Waals surface area contributed by atoms with E-state index < -0.39 is 0 Å². The van der Waals surface area contributed by atoms with Crippen molar-refractivity contribution in [2.24, 2.45) is 16.7 Å². The number of hydrogen-bond acceptors (Lipinski definition) is 2. The number of likely N-dealkylation sites (tertiary alicyclic amines) is 1. The van der Waals surface area contributed by atoms with Gasteiger partial charge in [0.05, 0.1) is 0 Å². The van der Waals surface area contributed by atoms with E-state index in [2.05, 4.69) is 37.9 Å². The molecule has 2 aliphatic heterocycles. The smallest absolute Gasteiger partial charge is 0.00476 e. The first-order valence-corrected chi connectivity index (χ1v) is 7.32. The fraction of sp³-hybridized carbons (Fsp3) is 1.00. The van der Waals surface area contributed by atoms with Gasteiger partial charge in [-0.1, -0.05) is 27.7 Å². The predicted molar refractivity (Wildman–Crippen MR) is 74.2 cm³/mol. The van der Waals surface area contributed by atoms with Crippen LogP contribution in [0.2, 0.25) is 0 Å². The lowest BCUT2D eigenvalue weighted by molar-refractivity contribution is 0.139. The van der Waals surface area contributed by atoms with Crippen molar-refractivity contribution in [3.05, 3.63) is 0 Å². The van der Waals surface area contributed by atoms with E-state index in [9.17, 15) is 0 Å². The summed E-state index contributed by atoms with van der Waals surface area (Å²) in [4.78, 5) is 2.71. The highest BCUT2D eigenvalue weighted by Crippen LogP contribution is 2.35. The maximum absolute atomic E-state index is 3.56. The highest BCUT2D eigenvalue weighted by Gasteiger charge is 2.35. The van der Waals surface area contributed by atoms with E-state index in [1.165, 1.54) is 52.0 Å². The number of piperidine rings is 1. The van der Waals surface area contributed by atoms with Crippen molar-refractivity contribution in [2.45, 2.75) is 47.0 Å². The topological polar surface area (TPSA) is 15.3 Å². The number of rotatable bonds is 2. The van der Waals surface area contributed by atoms with Gasteiger partial charge in [-0.05, 0) is 49.1 Å². The molecule has 2 rings (SSSR count). The van der Waals surface area contributed by atoms with Crippen LogP contribution in [-0.4, -0.2) is 37.6 Å². The van der Waals surface area contributed by atoms with Crippen LogP contribution in [0, 0.1) is 16.7 Å². The Kier molecular flexibility index (Phi) is 3.84. The second-order valence-corrected chi connectivity index (χ2v) is 7.68. The van der Waals surface area contributed by atoms with E-state index in [1.807, 2.05) is 0 Å². The van der Waals surface area contributed by atoms with Gasteiger partial charge in [-0.25, -0.2) is 0 Å². The van der Waals surface area contributed by atoms with Crippen LogP contribution in [0.3, 0.4) is 0 Å². The largest absolute Gasteiger partial charge is 0.316 e. The summed E-state index contributed by atoms with van der Waals surface area (Å²) in [5.74, 6) is 0.891. The Morgan fingerprint density at radius 1 is 1.35 bits per heavy atom. The molecule has 0 aliphatic carbocycles. The second-order valence-electron chi connectivity index (χ2n) is 7.68. The molecule has 0 saturated carbocycles. The number of nitrogens with zero attached hydrogens (tertiary/aromatic N) is 1. The molecule has 2 aliphatic rings. The second kappa shape index (κ2) is 4.89. The zero-order chi connectivity index (χ0) is 12.5. The monoisotopic (exact) mass is 238 g/mol. The third kappa shape index (κ3) is 3.45. The molecule has 0 aromatic heterocycles. The summed E-state index contributed by atoms with van der Waals surface area (Å²) in [5.41, 5.74) is 1.01. The minimum absolute atomic E-state index is 0.487. The number of hydrogen-bond donors (Lipinski definition) is 1. The predicted octanol–water partition coefficient (Wildman–Crippen LogP) is 2.74. The van der Waals surface area contributed by atoms with Gasteiger partial charge in [0.25, 0.3) is 0 Å². The summed E-state index contributed by atoms with van der Waals surface area (Å²) in [6.07, 6.45) is 4.15. The first kappa shape index (κ1) is 13.4. The van der Waals surface area contributed by atoms with Crippen molar-refractivity contribution in [3.8, 4) is 0 Å². The minimum atomic E-state index is 0.487. The lowest BCUT2D eigenvalue weighted by Gasteiger charge is -2.38. The van der Waals surface area contributed by atoms with Crippen molar-refractivity contribution in [2.75, 3.05) is 32.7 Å². The molecule has 0 spiro atoms. The summed E-state index contributed by atoms with van der Waals surface area (Å²) >= 11 is 0. The van der Waals surface area contributed by atoms with Gasteiger partial charge >= 0.3 is 0 Å². The number of nitrogens with one attached hydrogen (secondary N) is 1. The van der Waals surface area contributed by atoms with Gasteiger partial charge in [-0.2, -0.15) is 0 Å². The molecule has 2 heteroatoms. The maximum atomic E-state index is 3.56. The Balaban J connectivity index is 1.85. The molecule has 0 bridgehead atoms. The van der Waals surface area contributed by atoms with Crippen molar-refractivity contribution in [1.82, 2.24) is 10.2 Å². The van der Waals surface area contributed by atoms with Crippen LogP contribution < -0.4 is 5.32 Å². The van der Waals surface area contributed by atoms with Gasteiger partial charge in [0, 0.05) is 19.6 Å². The molecule has 0 aromatic rings. The summed E-state index contributed by atoms with van der Waals surface area (Å²) in [5, 5.41) is 3.56. The summed E-state index contributed by atoms with van der Waals surface area (Å²) in [7, 11) is 0. The van der Waals surface area contributed by atoms with Gasteiger partial charge in [0.2, 0.25) is 0 Å². The van der Waals surface area contributed by atoms with Crippen LogP contribution >= 0.6 is 0 Å². The highest BCUT2D eigenvalue weighted by atomic mass is 15.2. The van der Waals surface area contributed by atoms with E-state index in [4.69, 9.17) is 0 Å². The average Bonchev–Trinajstić information content (AvgIpc) is 2.66. The molecule has 1 N–H and O–H groups in total. The Morgan fingerprint density at radius 3 is 2.65 bits per heavy atom. The molecular weight excluding hydrogens is 208 g/mol. The molecule has 100 valence electrons. The zero-order valence-electron chi connectivity index (χ0n) is 12.2. The molecule has 2 saturated heterocycles. The fourth-order valence-corrected chi connectivity index (χ4v) is 3.48. The first-order chi connectivity index (χ1) is 7.89. The Labute approximate surface area is 107 Å². The van der Waals surface area contributed by atoms with Crippen LogP contribution in [0.5, 0.6) is 0 Å². The van der Waals surface area contributed by atoms with Crippen molar-refractivity contribution >= 4 is 0 Å². The van der Waals surface area contributed by atoms with Crippen molar-refractivity contribution in [3.63, 3.8) is 0 Å². The van der Waals surface area contributed by atoms with Crippen molar-refractivity contribution in [1.29, 1.82) is 0 Å². The lowest BCUT2D eigenvalue weighted by atomic mass is 9.80. The fourth-order valence-electron chi connectivity index (χ4n) is 3.48. The van der Waals surface area contributed by atoms with E-state index in [0.717, 1.165) is 5.92 Å². The van der Waals surface area contributed by atoms with Crippen LogP contribution in [0.4, 0.5) is 0 Å². The Morgan fingerprint density at radius 2 is 2.12 bits per heavy atom. The molecule has 2 unspecified atom stereocenters. The van der Waals surface area contributed by atoms with Crippen molar-refractivity contribution < 1.29 is 0 Å². The van der Waals surface area contributed by atoms with Gasteiger partial charge in [0.1, 0.15) is 0 Å². The average molecular weight is 238 g/mol. The molecule has 0 amide bonds. The Hall–Kier alpha value is -0.0800. The molecule has 17 heavy (non-hydrogen) atoms. The SMILES string of the molecule is CC1(CN2CCC(C(C)(C)C)C2)CCCNC1. The zero-order valence-corrected chi connectivity index (χ0v) is 12.2. The van der Waals surface area contributed by atoms with Gasteiger partial charge in [-0.3, -0.25) is 0 Å². The third-order valence-electron chi connectivity index (χ3n) is 4.79. The Bertz CT molecular complexity index is 248. The van der Waals surface area contributed by atoms with Gasteiger partial charge < -0.3 is 10.2 Å². The third-order valence-corrected chi connectivity index (χ3v) is 4.79. The summed E-state index contributed by atoms with van der Waals surface area (Å²) in [6, 6.07) is 0. The summed E-state index contributed by atoms with van der Waals surface area (Å²) in [6.45, 7) is 16.0. The molecular formula is C15H30N2. The molecule has 2 fully saturated rings. The normalized spacial score (nSPS) is 36.4. The molecule has 0 aromatic carbocycles. The highest BCUT2D eigenvalue weighted by molar-refractivity contribution is 4.89. The standard InChI is InChI=1S/C15H30N2/c1-14(2,3)13-6-9-17(10-13)12-15(4)7-5-8-16-11-15/h13,16H,5-12H2,1-4H3. The molecule has 2 nitrogen and oxygen atoms in total. The molecule has 2 atom stereocenters. The van der Waals surface area contributed by atoms with Crippen LogP contribution in [0.1, 0.15) is 47.0 Å². The molecule has 2 heterocycles. The maximum Gasteiger partial charge on any atom is 0.00476 e. The van der Waals surface area contributed by atoms with Crippen LogP contribution in [0.25, 0.3) is 0 Å². The summed E-state index contributed by atoms with van der Waals surface area (Å²) < 4.78 is 0. The quantitative estimate of drug-likeness (QED) is 0.796. The van der Waals surface area contributed by atoms with Gasteiger partial charge in [0.15, 0.2) is 0 Å². The first-order valence-electron chi connectivity index (χ1n) is 7.32. The van der Waals surface area contributed by atoms with Crippen LogP contribution in [0.15, 0.2) is 0 Å².